The summed E-state index contributed by atoms with van der Waals surface area (Å²) in [5.74, 6) is -3.26. The lowest BCUT2D eigenvalue weighted by atomic mass is 10.0. The molecular formula is C21H15NO5. The van der Waals surface area contributed by atoms with E-state index < -0.39 is 17.8 Å². The maximum atomic E-state index is 12.5. The van der Waals surface area contributed by atoms with Gasteiger partial charge in [-0.1, -0.05) is 42.5 Å². The number of hydrogen-bond donors (Lipinski definition) is 3. The first kappa shape index (κ1) is 17.9. The average Bonchev–Trinajstić information content (AvgIpc) is 2.68. The molecule has 0 saturated carbocycles. The van der Waals surface area contributed by atoms with Gasteiger partial charge in [0.05, 0.1) is 16.7 Å². The van der Waals surface area contributed by atoms with E-state index in [-0.39, 0.29) is 16.7 Å². The maximum absolute atomic E-state index is 12.5. The molecule has 0 aliphatic heterocycles. The van der Waals surface area contributed by atoms with Crippen molar-refractivity contribution in [3.63, 3.8) is 0 Å². The molecule has 0 bridgehead atoms. The van der Waals surface area contributed by atoms with Crippen LogP contribution in [0.3, 0.4) is 0 Å². The molecule has 3 N–H and O–H groups in total. The van der Waals surface area contributed by atoms with E-state index in [2.05, 4.69) is 5.32 Å². The molecule has 0 aromatic heterocycles. The van der Waals surface area contributed by atoms with Gasteiger partial charge in [-0.15, -0.1) is 0 Å². The van der Waals surface area contributed by atoms with Crippen LogP contribution in [-0.4, -0.2) is 28.1 Å². The molecule has 134 valence electrons. The summed E-state index contributed by atoms with van der Waals surface area (Å²) in [6.45, 7) is 0. The predicted octanol–water partition coefficient (Wildman–Crippen LogP) is 4.00. The highest BCUT2D eigenvalue weighted by atomic mass is 16.4. The van der Waals surface area contributed by atoms with Crippen molar-refractivity contribution >= 4 is 23.5 Å². The topological polar surface area (TPSA) is 104 Å². The molecule has 6 nitrogen and oxygen atoms in total. The van der Waals surface area contributed by atoms with Crippen molar-refractivity contribution in [3.8, 4) is 11.1 Å². The Morgan fingerprint density at radius 3 is 1.89 bits per heavy atom. The van der Waals surface area contributed by atoms with Crippen LogP contribution in [0.5, 0.6) is 0 Å². The number of carbonyl (C=O) groups excluding carboxylic acids is 1. The largest absolute Gasteiger partial charge is 0.478 e. The molecule has 0 saturated heterocycles. The van der Waals surface area contributed by atoms with Crippen LogP contribution in [0.25, 0.3) is 11.1 Å². The Bertz CT molecular complexity index is 1010. The van der Waals surface area contributed by atoms with Gasteiger partial charge >= 0.3 is 11.9 Å². The van der Waals surface area contributed by atoms with Crippen molar-refractivity contribution in [2.75, 3.05) is 5.32 Å². The zero-order valence-corrected chi connectivity index (χ0v) is 14.0. The third kappa shape index (κ3) is 4.01. The Morgan fingerprint density at radius 2 is 1.30 bits per heavy atom. The number of carbonyl (C=O) groups is 3. The van der Waals surface area contributed by atoms with Crippen molar-refractivity contribution in [1.82, 2.24) is 0 Å². The van der Waals surface area contributed by atoms with E-state index in [1.165, 1.54) is 12.1 Å². The summed E-state index contributed by atoms with van der Waals surface area (Å²) in [6, 6.07) is 20.2. The van der Waals surface area contributed by atoms with Gasteiger partial charge < -0.3 is 15.5 Å². The van der Waals surface area contributed by atoms with Crippen LogP contribution in [0.1, 0.15) is 31.1 Å². The highest BCUT2D eigenvalue weighted by Gasteiger charge is 2.19. The second-order valence-corrected chi connectivity index (χ2v) is 5.77. The van der Waals surface area contributed by atoms with Crippen LogP contribution in [0.2, 0.25) is 0 Å². The number of benzene rings is 3. The lowest BCUT2D eigenvalue weighted by molar-refractivity contribution is 0.0692. The highest BCUT2D eigenvalue weighted by molar-refractivity contribution is 6.11. The van der Waals surface area contributed by atoms with E-state index in [1.807, 2.05) is 42.5 Å². The summed E-state index contributed by atoms with van der Waals surface area (Å²) in [4.78, 5) is 34.8. The van der Waals surface area contributed by atoms with Crippen molar-refractivity contribution in [3.05, 3.63) is 89.5 Å². The van der Waals surface area contributed by atoms with Gasteiger partial charge in [-0.3, -0.25) is 4.79 Å². The number of carboxylic acids is 2. The Labute approximate surface area is 154 Å². The molecule has 0 fully saturated rings. The number of aromatic carboxylic acids is 2. The van der Waals surface area contributed by atoms with E-state index >= 15 is 0 Å². The average molecular weight is 361 g/mol. The molecule has 0 aliphatic carbocycles. The lowest BCUT2D eigenvalue weighted by Crippen LogP contribution is -2.17. The zero-order valence-electron chi connectivity index (χ0n) is 14.0. The molecule has 0 aliphatic rings. The molecule has 0 atom stereocenters. The van der Waals surface area contributed by atoms with E-state index in [4.69, 9.17) is 5.11 Å². The number of hydrogen-bond acceptors (Lipinski definition) is 3. The second kappa shape index (κ2) is 7.53. The van der Waals surface area contributed by atoms with Crippen LogP contribution in [-0.2, 0) is 0 Å². The van der Waals surface area contributed by atoms with Crippen LogP contribution < -0.4 is 5.32 Å². The minimum Gasteiger partial charge on any atom is -0.478 e. The Hall–Kier alpha value is -3.93. The molecule has 0 spiro atoms. The number of carboxylic acid groups (broad SMARTS) is 2. The summed E-state index contributed by atoms with van der Waals surface area (Å²) < 4.78 is 0. The smallest absolute Gasteiger partial charge is 0.336 e. The first-order chi connectivity index (χ1) is 13.0. The van der Waals surface area contributed by atoms with Gasteiger partial charge in [-0.2, -0.15) is 0 Å². The van der Waals surface area contributed by atoms with Gasteiger partial charge in [0, 0.05) is 5.69 Å². The standard InChI is InChI=1S/C21H15NO5/c23-19(17-11-8-15(20(24)25)12-18(17)21(26)27)22-16-9-6-14(7-10-16)13-4-2-1-3-5-13/h1-12H,(H,22,23)(H,24,25)(H,26,27). The number of rotatable bonds is 5. The van der Waals surface area contributed by atoms with Gasteiger partial charge in [0.1, 0.15) is 0 Å². The molecule has 27 heavy (non-hydrogen) atoms. The minimum absolute atomic E-state index is 0.111. The summed E-state index contributed by atoms with van der Waals surface area (Å²) in [5.41, 5.74) is 1.83. The summed E-state index contributed by atoms with van der Waals surface area (Å²) in [6.07, 6.45) is 0. The number of nitrogens with one attached hydrogen (secondary N) is 1. The molecule has 0 heterocycles. The monoisotopic (exact) mass is 361 g/mol. The third-order valence-electron chi connectivity index (χ3n) is 3.99. The van der Waals surface area contributed by atoms with Crippen molar-refractivity contribution in [2.45, 2.75) is 0 Å². The van der Waals surface area contributed by atoms with Crippen LogP contribution in [0, 0.1) is 0 Å². The maximum Gasteiger partial charge on any atom is 0.336 e. The second-order valence-electron chi connectivity index (χ2n) is 5.77. The van der Waals surface area contributed by atoms with Gasteiger partial charge in [-0.05, 0) is 41.5 Å². The third-order valence-corrected chi connectivity index (χ3v) is 3.99. The van der Waals surface area contributed by atoms with Gasteiger partial charge in [0.2, 0.25) is 0 Å². The minimum atomic E-state index is -1.37. The predicted molar refractivity (Wildman–Crippen MR) is 100 cm³/mol. The molecule has 1 amide bonds. The SMILES string of the molecule is O=C(O)c1ccc(C(=O)Nc2ccc(-c3ccccc3)cc2)c(C(=O)O)c1. The van der Waals surface area contributed by atoms with Gasteiger partial charge in [-0.25, -0.2) is 9.59 Å². The van der Waals surface area contributed by atoms with Crippen molar-refractivity contribution in [2.24, 2.45) is 0 Å². The van der Waals surface area contributed by atoms with E-state index in [0.29, 0.717) is 5.69 Å². The Kier molecular flexibility index (Phi) is 4.99. The highest BCUT2D eigenvalue weighted by Crippen LogP contribution is 2.22. The van der Waals surface area contributed by atoms with Crippen molar-refractivity contribution < 1.29 is 24.6 Å². The van der Waals surface area contributed by atoms with Gasteiger partial charge in [0.15, 0.2) is 0 Å². The first-order valence-corrected chi connectivity index (χ1v) is 8.03. The van der Waals surface area contributed by atoms with Crippen LogP contribution in [0.4, 0.5) is 5.69 Å². The molecule has 3 aromatic carbocycles. The quantitative estimate of drug-likeness (QED) is 0.637. The fraction of sp³-hybridized carbons (Fsp3) is 0. The molecule has 3 aromatic rings. The Morgan fingerprint density at radius 1 is 0.667 bits per heavy atom. The first-order valence-electron chi connectivity index (χ1n) is 8.03. The van der Waals surface area contributed by atoms with E-state index in [1.54, 1.807) is 12.1 Å². The van der Waals surface area contributed by atoms with Gasteiger partial charge in [0.25, 0.3) is 5.91 Å². The fourth-order valence-electron chi connectivity index (χ4n) is 2.63. The van der Waals surface area contributed by atoms with E-state index in [0.717, 1.165) is 17.2 Å². The molecule has 0 radical (unpaired) electrons. The summed E-state index contributed by atoms with van der Waals surface area (Å²) in [5, 5.41) is 20.9. The normalized spacial score (nSPS) is 10.2. The zero-order chi connectivity index (χ0) is 19.4. The molecule has 6 heteroatoms. The Balaban J connectivity index is 1.83. The van der Waals surface area contributed by atoms with Crippen LogP contribution in [0.15, 0.2) is 72.8 Å². The summed E-state index contributed by atoms with van der Waals surface area (Å²) in [7, 11) is 0. The molecular weight excluding hydrogens is 346 g/mol. The summed E-state index contributed by atoms with van der Waals surface area (Å²) >= 11 is 0. The molecule has 3 rings (SSSR count). The van der Waals surface area contributed by atoms with Crippen LogP contribution >= 0.6 is 0 Å². The number of amides is 1. The fourth-order valence-corrected chi connectivity index (χ4v) is 2.63. The van der Waals surface area contributed by atoms with E-state index in [9.17, 15) is 19.5 Å². The lowest BCUT2D eigenvalue weighted by Gasteiger charge is -2.09. The number of anilines is 1. The molecule has 0 unspecified atom stereocenters. The van der Waals surface area contributed by atoms with Crippen molar-refractivity contribution in [1.29, 1.82) is 0 Å².